The highest BCUT2D eigenvalue weighted by atomic mass is 28.4. The maximum Gasteiger partial charge on any atom is 0.320 e. The van der Waals surface area contributed by atoms with Crippen molar-refractivity contribution >= 4 is 30.4 Å². The molecule has 0 N–H and O–H groups in total. The zero-order valence-corrected chi connectivity index (χ0v) is 25.6. The van der Waals surface area contributed by atoms with E-state index < -0.39 is 8.32 Å². The monoisotopic (exact) mass is 571 g/mol. The van der Waals surface area contributed by atoms with Crippen LogP contribution in [0.3, 0.4) is 0 Å². The van der Waals surface area contributed by atoms with Crippen molar-refractivity contribution in [2.75, 3.05) is 20.1 Å². The maximum absolute atomic E-state index is 13.7. The zero-order valence-electron chi connectivity index (χ0n) is 24.6. The Bertz CT molecular complexity index is 1340. The van der Waals surface area contributed by atoms with Crippen molar-refractivity contribution in [3.8, 4) is 0 Å². The number of likely N-dealkylation sites (tertiary alicyclic amines) is 1. The smallest absolute Gasteiger partial charge is 0.320 e. The molecule has 8 heteroatoms. The molecule has 0 saturated carbocycles. The van der Waals surface area contributed by atoms with Crippen molar-refractivity contribution in [1.29, 1.82) is 0 Å². The van der Waals surface area contributed by atoms with Crippen LogP contribution in [-0.2, 0) is 17.3 Å². The summed E-state index contributed by atoms with van der Waals surface area (Å²) in [6.07, 6.45) is 3.96. The number of fused-ring (bicyclic) bond motifs is 1. The summed E-state index contributed by atoms with van der Waals surface area (Å²) < 4.78 is 7.31. The molecular formula is C33H41N3O4Si. The number of nitro groups is 1. The molecule has 0 aromatic heterocycles. The van der Waals surface area contributed by atoms with Crippen LogP contribution in [0.15, 0.2) is 78.9 Å². The molecule has 2 atom stereocenters. The van der Waals surface area contributed by atoms with Gasteiger partial charge in [0.15, 0.2) is 0 Å². The molecule has 1 saturated heterocycles. The molecule has 1 fully saturated rings. The molecule has 1 aliphatic carbocycles. The Morgan fingerprint density at radius 1 is 0.927 bits per heavy atom. The predicted octanol–water partition coefficient (Wildman–Crippen LogP) is 5.54. The number of amides is 2. The number of hydrogen-bond donors (Lipinski definition) is 0. The van der Waals surface area contributed by atoms with Gasteiger partial charge in [0.1, 0.15) is 0 Å². The maximum atomic E-state index is 13.7. The molecule has 1 heterocycles. The SMILES string of the molecule is CN(C(=O)N1CC[C@@H](O[Si](c2ccccc2)(c2ccccc2)C(C)(C)C)C1)C1CCc2ccc([N+](=O)[O-])cc2CC1. The van der Waals surface area contributed by atoms with Crippen molar-refractivity contribution < 1.29 is 14.1 Å². The first-order valence-electron chi connectivity index (χ1n) is 14.7. The molecule has 1 unspecified atom stereocenters. The van der Waals surface area contributed by atoms with Gasteiger partial charge in [-0.15, -0.1) is 0 Å². The van der Waals surface area contributed by atoms with E-state index in [0.717, 1.165) is 43.2 Å². The Morgan fingerprint density at radius 3 is 2.07 bits per heavy atom. The van der Waals surface area contributed by atoms with E-state index in [1.54, 1.807) is 12.1 Å². The van der Waals surface area contributed by atoms with Gasteiger partial charge in [-0.2, -0.15) is 0 Å². The fourth-order valence-electron chi connectivity index (χ4n) is 6.70. The van der Waals surface area contributed by atoms with Gasteiger partial charge in [0.25, 0.3) is 14.0 Å². The van der Waals surface area contributed by atoms with Gasteiger partial charge in [-0.25, -0.2) is 4.79 Å². The zero-order chi connectivity index (χ0) is 29.2. The van der Waals surface area contributed by atoms with E-state index in [0.29, 0.717) is 13.1 Å². The summed E-state index contributed by atoms with van der Waals surface area (Å²) >= 11 is 0. The van der Waals surface area contributed by atoms with Crippen molar-refractivity contribution in [2.24, 2.45) is 0 Å². The Morgan fingerprint density at radius 2 is 1.51 bits per heavy atom. The van der Waals surface area contributed by atoms with Gasteiger partial charge < -0.3 is 14.2 Å². The van der Waals surface area contributed by atoms with E-state index in [1.165, 1.54) is 10.4 Å². The summed E-state index contributed by atoms with van der Waals surface area (Å²) in [6.45, 7) is 8.09. The number of nitro benzene ring substituents is 1. The van der Waals surface area contributed by atoms with Crippen LogP contribution in [0.25, 0.3) is 0 Å². The number of carbonyl (C=O) groups excluding carboxylic acids is 1. The highest BCUT2D eigenvalue weighted by Crippen LogP contribution is 2.38. The predicted molar refractivity (Wildman–Crippen MR) is 165 cm³/mol. The van der Waals surface area contributed by atoms with Crippen molar-refractivity contribution in [1.82, 2.24) is 9.80 Å². The lowest BCUT2D eigenvalue weighted by molar-refractivity contribution is -0.384. The number of nitrogens with zero attached hydrogens (tertiary/aromatic N) is 3. The van der Waals surface area contributed by atoms with E-state index in [9.17, 15) is 14.9 Å². The minimum atomic E-state index is -2.69. The van der Waals surface area contributed by atoms with E-state index in [-0.39, 0.29) is 33.8 Å². The summed E-state index contributed by atoms with van der Waals surface area (Å²) in [5.74, 6) is 0. The molecule has 1 aliphatic heterocycles. The van der Waals surface area contributed by atoms with Crippen LogP contribution >= 0.6 is 0 Å². The second-order valence-corrected chi connectivity index (χ2v) is 16.7. The molecule has 0 spiro atoms. The van der Waals surface area contributed by atoms with Gasteiger partial charge in [-0.3, -0.25) is 10.1 Å². The van der Waals surface area contributed by atoms with Crippen molar-refractivity contribution in [3.63, 3.8) is 0 Å². The Balaban J connectivity index is 1.31. The molecule has 0 radical (unpaired) electrons. The van der Waals surface area contributed by atoms with Crippen LogP contribution in [0.5, 0.6) is 0 Å². The summed E-state index contributed by atoms with van der Waals surface area (Å²) in [5, 5.41) is 13.6. The third kappa shape index (κ3) is 5.81. The van der Waals surface area contributed by atoms with Crippen molar-refractivity contribution in [3.05, 3.63) is 100 Å². The van der Waals surface area contributed by atoms with Gasteiger partial charge in [-0.1, -0.05) is 87.5 Å². The highest BCUT2D eigenvalue weighted by Gasteiger charge is 2.52. The summed E-state index contributed by atoms with van der Waals surface area (Å²) in [5.41, 5.74) is 2.32. The van der Waals surface area contributed by atoms with E-state index in [2.05, 4.69) is 81.4 Å². The van der Waals surface area contributed by atoms with Crippen LogP contribution in [-0.4, -0.2) is 61.4 Å². The van der Waals surface area contributed by atoms with Crippen LogP contribution < -0.4 is 10.4 Å². The Hall–Kier alpha value is -3.49. The summed E-state index contributed by atoms with van der Waals surface area (Å²) in [4.78, 5) is 28.5. The lowest BCUT2D eigenvalue weighted by atomic mass is 10.0. The molecule has 216 valence electrons. The van der Waals surface area contributed by atoms with E-state index in [1.807, 2.05) is 22.9 Å². The standard InChI is InChI=1S/C33H41N3O4Si/c1-33(2,3)41(30-11-7-5-8-12-30,31-13-9-6-10-14-31)40-29-21-22-35(24-29)32(37)34(4)27-18-15-25-16-20-28(36(38)39)23-26(25)17-19-27/h5-14,16,20,23,27,29H,15,17-19,21-22,24H2,1-4H3/t27?,29-/m1/s1. The average Bonchev–Trinajstić information content (AvgIpc) is 3.33. The number of carbonyl (C=O) groups is 1. The lowest BCUT2D eigenvalue weighted by Gasteiger charge is -2.44. The first-order chi connectivity index (χ1) is 19.6. The van der Waals surface area contributed by atoms with Crippen molar-refractivity contribution in [2.45, 2.75) is 70.1 Å². The number of rotatable bonds is 6. The molecule has 5 rings (SSSR count). The van der Waals surface area contributed by atoms with Gasteiger partial charge >= 0.3 is 6.03 Å². The Labute approximate surface area is 244 Å². The quantitative estimate of drug-likeness (QED) is 0.168. The Kier molecular flexibility index (Phi) is 8.34. The van der Waals surface area contributed by atoms with Crippen LogP contribution in [0.2, 0.25) is 5.04 Å². The van der Waals surface area contributed by atoms with Gasteiger partial charge in [0.05, 0.1) is 11.0 Å². The first-order valence-corrected chi connectivity index (χ1v) is 16.6. The third-order valence-electron chi connectivity index (χ3n) is 8.92. The lowest BCUT2D eigenvalue weighted by Crippen LogP contribution is -2.67. The number of benzene rings is 3. The molecule has 3 aromatic rings. The van der Waals surface area contributed by atoms with E-state index in [4.69, 9.17) is 4.43 Å². The summed E-state index contributed by atoms with van der Waals surface area (Å²) in [7, 11) is -0.789. The second kappa shape index (κ2) is 11.8. The fourth-order valence-corrected chi connectivity index (χ4v) is 11.4. The highest BCUT2D eigenvalue weighted by molar-refractivity contribution is 6.99. The van der Waals surface area contributed by atoms with Crippen LogP contribution in [0.4, 0.5) is 10.5 Å². The van der Waals surface area contributed by atoms with E-state index >= 15 is 0 Å². The number of hydrogen-bond acceptors (Lipinski definition) is 4. The number of aryl methyl sites for hydroxylation is 2. The molecule has 7 nitrogen and oxygen atoms in total. The van der Waals surface area contributed by atoms with Gasteiger partial charge in [-0.05, 0) is 58.6 Å². The van der Waals surface area contributed by atoms with Gasteiger partial charge in [0.2, 0.25) is 0 Å². The fraction of sp³-hybridized carbons (Fsp3) is 0.424. The minimum Gasteiger partial charge on any atom is -0.403 e. The number of non-ortho nitro benzene ring substituents is 1. The summed E-state index contributed by atoms with van der Waals surface area (Å²) in [6, 6.07) is 26.6. The van der Waals surface area contributed by atoms with Gasteiger partial charge in [0, 0.05) is 38.3 Å². The molecule has 0 bridgehead atoms. The molecule has 2 aliphatic rings. The first kappa shape index (κ1) is 29.0. The number of urea groups is 1. The normalized spacial score (nSPS) is 19.4. The topological polar surface area (TPSA) is 75.9 Å². The van der Waals surface area contributed by atoms with Crippen LogP contribution in [0, 0.1) is 10.1 Å². The molecule has 2 amide bonds. The molecule has 3 aromatic carbocycles. The van der Waals surface area contributed by atoms with Crippen LogP contribution in [0.1, 0.15) is 51.2 Å². The minimum absolute atomic E-state index is 0.0421. The second-order valence-electron chi connectivity index (χ2n) is 12.5. The third-order valence-corrected chi connectivity index (χ3v) is 14.0. The average molecular weight is 572 g/mol. The molecule has 41 heavy (non-hydrogen) atoms. The molecular weight excluding hydrogens is 530 g/mol. The largest absolute Gasteiger partial charge is 0.403 e.